The van der Waals surface area contributed by atoms with Crippen molar-refractivity contribution in [2.75, 3.05) is 0 Å². The lowest BCUT2D eigenvalue weighted by Gasteiger charge is -1.82. The Labute approximate surface area is 115 Å². The predicted molar refractivity (Wildman–Crippen MR) is 71.8 cm³/mol. The molecule has 0 saturated carbocycles. The topological polar surface area (TPSA) is 93.0 Å². The number of amides is 2. The number of nitrogens with zero attached hydrogens (tertiary/aromatic N) is 2. The van der Waals surface area contributed by atoms with Crippen LogP contribution in [-0.4, -0.2) is 35.8 Å². The molecule has 0 radical (unpaired) electrons. The van der Waals surface area contributed by atoms with Crippen molar-refractivity contribution in [2.24, 2.45) is 9.98 Å². The first-order chi connectivity index (χ1) is 8.58. The summed E-state index contributed by atoms with van der Waals surface area (Å²) in [5.41, 5.74) is 0. The molecule has 0 spiro atoms. The van der Waals surface area contributed by atoms with Crippen LogP contribution in [0.1, 0.15) is 12.8 Å². The summed E-state index contributed by atoms with van der Waals surface area (Å²) in [6.45, 7) is 0. The Bertz CT molecular complexity index is 414. The van der Waals surface area contributed by atoms with Gasteiger partial charge in [0.15, 0.2) is 11.6 Å². The number of rotatable bonds is 0. The second-order valence-corrected chi connectivity index (χ2v) is 3.35. The lowest BCUT2D eigenvalue weighted by atomic mass is 10.3. The van der Waals surface area contributed by atoms with Crippen molar-refractivity contribution in [3.63, 3.8) is 0 Å². The van der Waals surface area contributed by atoms with Gasteiger partial charge in [-0.05, 0) is 24.3 Å². The molecular formula is C12H11ClN2O4. The van der Waals surface area contributed by atoms with Crippen LogP contribution in [0.5, 0.6) is 0 Å². The van der Waals surface area contributed by atoms with Gasteiger partial charge in [0, 0.05) is 12.4 Å². The monoisotopic (exact) mass is 282 g/mol. The molecule has 2 amide bonds. The van der Waals surface area contributed by atoms with Crippen LogP contribution in [0.3, 0.4) is 0 Å². The van der Waals surface area contributed by atoms with E-state index >= 15 is 0 Å². The number of hydrogen-bond donors (Lipinski definition) is 0. The lowest BCUT2D eigenvalue weighted by Crippen LogP contribution is -1.99. The van der Waals surface area contributed by atoms with Crippen LogP contribution in [0, 0.1) is 0 Å². The zero-order chi connectivity index (χ0) is 13.4. The lowest BCUT2D eigenvalue weighted by molar-refractivity contribution is -0.125. The molecule has 0 aromatic rings. The summed E-state index contributed by atoms with van der Waals surface area (Å²) in [4.78, 5) is 48.7. The summed E-state index contributed by atoms with van der Waals surface area (Å²) in [7, 11) is 0. The van der Waals surface area contributed by atoms with Gasteiger partial charge in [-0.15, -0.1) is 12.4 Å². The number of carbonyl (C=O) groups is 4. The van der Waals surface area contributed by atoms with E-state index in [0.717, 1.165) is 0 Å². The van der Waals surface area contributed by atoms with E-state index in [0.29, 0.717) is 0 Å². The molecule has 0 N–H and O–H groups in total. The van der Waals surface area contributed by atoms with Crippen LogP contribution in [-0.2, 0) is 19.2 Å². The minimum Gasteiger partial charge on any atom is -0.294 e. The molecule has 7 heteroatoms. The minimum atomic E-state index is -0.370. The fraction of sp³-hybridized carbons (Fsp3) is 0.167. The third-order valence-electron chi connectivity index (χ3n) is 1.82. The molecule has 19 heavy (non-hydrogen) atoms. The SMILES string of the molecule is Cl.O=C1C=CC=NC(=O)C1.O=C1C=CC=NC(=O)C1. The summed E-state index contributed by atoms with van der Waals surface area (Å²) in [6.07, 6.45) is 8.09. The van der Waals surface area contributed by atoms with Gasteiger partial charge in [-0.2, -0.15) is 0 Å². The first-order valence-electron chi connectivity index (χ1n) is 5.11. The Morgan fingerprint density at radius 2 is 1.11 bits per heavy atom. The van der Waals surface area contributed by atoms with Gasteiger partial charge in [0.2, 0.25) is 0 Å². The maximum absolute atomic E-state index is 10.5. The van der Waals surface area contributed by atoms with Gasteiger partial charge in [-0.3, -0.25) is 19.2 Å². The highest BCUT2D eigenvalue weighted by atomic mass is 35.5. The van der Waals surface area contributed by atoms with Crippen LogP contribution >= 0.6 is 12.4 Å². The van der Waals surface area contributed by atoms with Crippen LogP contribution in [0.15, 0.2) is 34.3 Å². The molecule has 0 atom stereocenters. The molecule has 2 aliphatic rings. The van der Waals surface area contributed by atoms with Gasteiger partial charge < -0.3 is 0 Å². The van der Waals surface area contributed by atoms with Crippen molar-refractivity contribution in [2.45, 2.75) is 12.8 Å². The third-order valence-corrected chi connectivity index (χ3v) is 1.82. The number of ketones is 2. The Morgan fingerprint density at radius 3 is 1.47 bits per heavy atom. The van der Waals surface area contributed by atoms with Gasteiger partial charge >= 0.3 is 0 Å². The van der Waals surface area contributed by atoms with E-state index in [1.54, 1.807) is 0 Å². The summed E-state index contributed by atoms with van der Waals surface area (Å²) >= 11 is 0. The third kappa shape index (κ3) is 7.67. The molecule has 0 fully saturated rings. The molecule has 2 aliphatic heterocycles. The molecule has 2 heterocycles. The van der Waals surface area contributed by atoms with Crippen molar-refractivity contribution >= 4 is 48.2 Å². The van der Waals surface area contributed by atoms with Gasteiger partial charge in [-0.25, -0.2) is 9.98 Å². The maximum atomic E-state index is 10.5. The average molecular weight is 283 g/mol. The molecule has 0 unspecified atom stereocenters. The van der Waals surface area contributed by atoms with E-state index in [2.05, 4.69) is 9.98 Å². The zero-order valence-electron chi connectivity index (χ0n) is 9.81. The smallest absolute Gasteiger partial charge is 0.253 e. The van der Waals surface area contributed by atoms with Crippen molar-refractivity contribution in [1.82, 2.24) is 0 Å². The minimum absolute atomic E-state index is 0. The average Bonchev–Trinajstić information content (AvgIpc) is 2.59. The van der Waals surface area contributed by atoms with Crippen molar-refractivity contribution < 1.29 is 19.2 Å². The van der Waals surface area contributed by atoms with Crippen LogP contribution < -0.4 is 0 Å². The van der Waals surface area contributed by atoms with E-state index in [9.17, 15) is 19.2 Å². The standard InChI is InChI=1S/2C6H5NO2.ClH/c2*8-5-2-1-3-7-6(9)4-5;/h2*1-3H,4H2;1H. The van der Waals surface area contributed by atoms with Crippen molar-refractivity contribution in [3.05, 3.63) is 24.3 Å². The van der Waals surface area contributed by atoms with E-state index < -0.39 is 0 Å². The zero-order valence-corrected chi connectivity index (χ0v) is 10.6. The van der Waals surface area contributed by atoms with E-state index in [-0.39, 0.29) is 48.6 Å². The summed E-state index contributed by atoms with van der Waals surface area (Å²) < 4.78 is 0. The number of allylic oxidation sites excluding steroid dienone is 4. The molecule has 0 aromatic carbocycles. The second-order valence-electron chi connectivity index (χ2n) is 3.35. The Kier molecular flexibility index (Phi) is 7.79. The normalized spacial score (nSPS) is 17.3. The summed E-state index contributed by atoms with van der Waals surface area (Å²) in [6, 6.07) is 0. The van der Waals surface area contributed by atoms with Crippen LogP contribution in [0.4, 0.5) is 0 Å². The van der Waals surface area contributed by atoms with Crippen LogP contribution in [0.25, 0.3) is 0 Å². The van der Waals surface area contributed by atoms with Crippen molar-refractivity contribution in [1.29, 1.82) is 0 Å². The number of hydrogen-bond acceptors (Lipinski definition) is 4. The molecule has 2 rings (SSSR count). The number of aliphatic imine (C=N–C) groups is 2. The van der Waals surface area contributed by atoms with Gasteiger partial charge in [0.05, 0.1) is 12.8 Å². The molecule has 0 bridgehead atoms. The Balaban J connectivity index is 0.000000324. The van der Waals surface area contributed by atoms with E-state index in [1.807, 2.05) is 0 Å². The predicted octanol–water partition coefficient (Wildman–Crippen LogP) is 0.647. The van der Waals surface area contributed by atoms with Crippen LogP contribution in [0.2, 0.25) is 0 Å². The van der Waals surface area contributed by atoms with Crippen molar-refractivity contribution in [3.8, 4) is 0 Å². The van der Waals surface area contributed by atoms with Gasteiger partial charge in [0.1, 0.15) is 0 Å². The highest BCUT2D eigenvalue weighted by Gasteiger charge is 2.06. The quantitative estimate of drug-likeness (QED) is 0.610. The largest absolute Gasteiger partial charge is 0.294 e. The summed E-state index contributed by atoms with van der Waals surface area (Å²) in [5.74, 6) is -1.11. The second kappa shape index (κ2) is 8.82. The first-order valence-corrected chi connectivity index (χ1v) is 5.11. The Morgan fingerprint density at radius 1 is 0.737 bits per heavy atom. The molecule has 0 saturated heterocycles. The van der Waals surface area contributed by atoms with Gasteiger partial charge in [-0.1, -0.05) is 0 Å². The summed E-state index contributed by atoms with van der Waals surface area (Å²) in [5, 5.41) is 0. The molecule has 6 nitrogen and oxygen atoms in total. The maximum Gasteiger partial charge on any atom is 0.253 e. The number of halogens is 1. The highest BCUT2D eigenvalue weighted by molar-refractivity contribution is 6.10. The first kappa shape index (κ1) is 16.8. The van der Waals surface area contributed by atoms with E-state index in [1.165, 1.54) is 36.7 Å². The highest BCUT2D eigenvalue weighted by Crippen LogP contribution is 1.93. The fourth-order valence-corrected chi connectivity index (χ4v) is 1.06. The number of carbonyl (C=O) groups excluding carboxylic acids is 4. The molecular weight excluding hydrogens is 272 g/mol. The molecule has 0 aliphatic carbocycles. The van der Waals surface area contributed by atoms with E-state index in [4.69, 9.17) is 0 Å². The Hall–Kier alpha value is -2.21. The fourth-order valence-electron chi connectivity index (χ4n) is 1.06. The molecule has 100 valence electrons. The molecule has 0 aromatic heterocycles. The van der Waals surface area contributed by atoms with Gasteiger partial charge in [0.25, 0.3) is 11.8 Å².